The summed E-state index contributed by atoms with van der Waals surface area (Å²) in [5.74, 6) is 0. The Morgan fingerprint density at radius 1 is 1.56 bits per heavy atom. The van der Waals surface area contributed by atoms with Crippen molar-refractivity contribution in [2.45, 2.75) is 45.2 Å². The molecule has 1 saturated heterocycles. The molecule has 2 heterocycles. The summed E-state index contributed by atoms with van der Waals surface area (Å²) in [5, 5.41) is 0. The van der Waals surface area contributed by atoms with Crippen LogP contribution < -0.4 is 10.6 Å². The highest BCUT2D eigenvalue weighted by atomic mass is 15.2. The van der Waals surface area contributed by atoms with Gasteiger partial charge >= 0.3 is 0 Å². The number of aromatic nitrogens is 1. The maximum absolute atomic E-state index is 5.79. The van der Waals surface area contributed by atoms with Crippen molar-refractivity contribution in [3.8, 4) is 0 Å². The van der Waals surface area contributed by atoms with Crippen molar-refractivity contribution in [1.29, 1.82) is 0 Å². The third-order valence-corrected chi connectivity index (χ3v) is 3.42. The van der Waals surface area contributed by atoms with Crippen LogP contribution >= 0.6 is 0 Å². The number of rotatable bonds is 3. The molecule has 3 heteroatoms. The average molecular weight is 219 g/mol. The minimum atomic E-state index is 0.0228. The fraction of sp³-hybridized carbons (Fsp3) is 0.615. The molecule has 1 fully saturated rings. The van der Waals surface area contributed by atoms with Crippen LogP contribution in [0, 0.1) is 0 Å². The van der Waals surface area contributed by atoms with Gasteiger partial charge in [0, 0.05) is 18.6 Å². The standard InChI is InChI=1S/C13H21N3/c1-3-11-5-4-8-16(11)12-6-7-13(10(2)14)15-9-12/h6-7,9-11H,3-5,8,14H2,1-2H3. The zero-order valence-corrected chi connectivity index (χ0v) is 10.2. The van der Waals surface area contributed by atoms with E-state index >= 15 is 0 Å². The van der Waals surface area contributed by atoms with Gasteiger partial charge in [-0.2, -0.15) is 0 Å². The van der Waals surface area contributed by atoms with Crippen LogP contribution in [0.1, 0.15) is 44.8 Å². The van der Waals surface area contributed by atoms with E-state index in [-0.39, 0.29) is 6.04 Å². The zero-order chi connectivity index (χ0) is 11.5. The van der Waals surface area contributed by atoms with E-state index in [4.69, 9.17) is 5.73 Å². The van der Waals surface area contributed by atoms with Gasteiger partial charge in [0.2, 0.25) is 0 Å². The fourth-order valence-corrected chi connectivity index (χ4v) is 2.44. The molecule has 3 nitrogen and oxygen atoms in total. The molecule has 1 aromatic heterocycles. The van der Waals surface area contributed by atoms with Crippen LogP contribution in [0.25, 0.3) is 0 Å². The Balaban J connectivity index is 2.15. The van der Waals surface area contributed by atoms with Crippen molar-refractivity contribution >= 4 is 5.69 Å². The molecule has 0 aromatic carbocycles. The van der Waals surface area contributed by atoms with Gasteiger partial charge < -0.3 is 10.6 Å². The summed E-state index contributed by atoms with van der Waals surface area (Å²) in [6.45, 7) is 5.39. The molecule has 2 atom stereocenters. The summed E-state index contributed by atoms with van der Waals surface area (Å²) in [6, 6.07) is 4.92. The van der Waals surface area contributed by atoms with Crippen molar-refractivity contribution in [2.24, 2.45) is 5.73 Å². The molecule has 0 saturated carbocycles. The van der Waals surface area contributed by atoms with E-state index < -0.39 is 0 Å². The van der Waals surface area contributed by atoms with Crippen LogP contribution in [0.5, 0.6) is 0 Å². The first-order chi connectivity index (χ1) is 7.72. The quantitative estimate of drug-likeness (QED) is 0.849. The molecule has 0 aliphatic carbocycles. The summed E-state index contributed by atoms with van der Waals surface area (Å²) >= 11 is 0. The molecule has 1 aromatic rings. The maximum atomic E-state index is 5.79. The molecule has 0 radical (unpaired) electrons. The zero-order valence-electron chi connectivity index (χ0n) is 10.2. The molecule has 1 aliphatic rings. The number of anilines is 1. The third-order valence-electron chi connectivity index (χ3n) is 3.42. The molecule has 0 bridgehead atoms. The lowest BCUT2D eigenvalue weighted by Crippen LogP contribution is -2.28. The average Bonchev–Trinajstić information content (AvgIpc) is 2.77. The van der Waals surface area contributed by atoms with E-state index in [0.717, 1.165) is 12.2 Å². The predicted molar refractivity (Wildman–Crippen MR) is 67.5 cm³/mol. The minimum Gasteiger partial charge on any atom is -0.367 e. The maximum Gasteiger partial charge on any atom is 0.0569 e. The summed E-state index contributed by atoms with van der Waals surface area (Å²) in [5.41, 5.74) is 8.01. The molecule has 0 spiro atoms. The van der Waals surface area contributed by atoms with Gasteiger partial charge in [0.1, 0.15) is 0 Å². The van der Waals surface area contributed by atoms with Gasteiger partial charge in [-0.25, -0.2) is 0 Å². The molecule has 0 amide bonds. The Hall–Kier alpha value is -1.09. The lowest BCUT2D eigenvalue weighted by Gasteiger charge is -2.25. The van der Waals surface area contributed by atoms with Crippen molar-refractivity contribution in [2.75, 3.05) is 11.4 Å². The van der Waals surface area contributed by atoms with E-state index in [1.165, 1.54) is 24.9 Å². The molecule has 2 N–H and O–H groups in total. The SMILES string of the molecule is CCC1CCCN1c1ccc(C(C)N)nc1. The van der Waals surface area contributed by atoms with E-state index in [0.29, 0.717) is 6.04 Å². The molecule has 2 rings (SSSR count). The lowest BCUT2D eigenvalue weighted by molar-refractivity contribution is 0.644. The highest BCUT2D eigenvalue weighted by Gasteiger charge is 2.23. The second-order valence-corrected chi connectivity index (χ2v) is 4.63. The first-order valence-corrected chi connectivity index (χ1v) is 6.20. The van der Waals surface area contributed by atoms with E-state index in [1.807, 2.05) is 19.2 Å². The first kappa shape index (κ1) is 11.4. The molecule has 2 unspecified atom stereocenters. The molecule has 1 aliphatic heterocycles. The second-order valence-electron chi connectivity index (χ2n) is 4.63. The van der Waals surface area contributed by atoms with Gasteiger partial charge in [0.15, 0.2) is 0 Å². The summed E-state index contributed by atoms with van der Waals surface area (Å²) < 4.78 is 0. The highest BCUT2D eigenvalue weighted by molar-refractivity contribution is 5.46. The Morgan fingerprint density at radius 3 is 2.94 bits per heavy atom. The van der Waals surface area contributed by atoms with Gasteiger partial charge in [-0.15, -0.1) is 0 Å². The van der Waals surface area contributed by atoms with Gasteiger partial charge in [0.25, 0.3) is 0 Å². The minimum absolute atomic E-state index is 0.0228. The van der Waals surface area contributed by atoms with Gasteiger partial charge in [0.05, 0.1) is 17.6 Å². The Labute approximate surface area is 97.7 Å². The van der Waals surface area contributed by atoms with E-state index in [2.05, 4.69) is 22.9 Å². The summed E-state index contributed by atoms with van der Waals surface area (Å²) in [6.07, 6.45) is 5.79. The Kier molecular flexibility index (Phi) is 3.44. The highest BCUT2D eigenvalue weighted by Crippen LogP contribution is 2.26. The van der Waals surface area contributed by atoms with Crippen molar-refractivity contribution in [3.05, 3.63) is 24.0 Å². The number of nitrogens with zero attached hydrogens (tertiary/aromatic N) is 2. The number of hydrogen-bond acceptors (Lipinski definition) is 3. The van der Waals surface area contributed by atoms with Crippen LogP contribution in [-0.4, -0.2) is 17.6 Å². The largest absolute Gasteiger partial charge is 0.367 e. The summed E-state index contributed by atoms with van der Waals surface area (Å²) in [4.78, 5) is 6.90. The van der Waals surface area contributed by atoms with Gasteiger partial charge in [-0.1, -0.05) is 6.92 Å². The van der Waals surface area contributed by atoms with E-state index in [1.54, 1.807) is 0 Å². The fourth-order valence-electron chi connectivity index (χ4n) is 2.44. The molecule has 88 valence electrons. The topological polar surface area (TPSA) is 42.1 Å². The second kappa shape index (κ2) is 4.83. The van der Waals surface area contributed by atoms with Crippen LogP contribution in [0.3, 0.4) is 0 Å². The van der Waals surface area contributed by atoms with Gasteiger partial charge in [-0.05, 0) is 38.3 Å². The monoisotopic (exact) mass is 219 g/mol. The van der Waals surface area contributed by atoms with Crippen LogP contribution in [0.15, 0.2) is 18.3 Å². The Bertz CT molecular complexity index is 332. The van der Waals surface area contributed by atoms with Crippen molar-refractivity contribution in [3.63, 3.8) is 0 Å². The smallest absolute Gasteiger partial charge is 0.0569 e. The van der Waals surface area contributed by atoms with Gasteiger partial charge in [-0.3, -0.25) is 4.98 Å². The van der Waals surface area contributed by atoms with Crippen molar-refractivity contribution in [1.82, 2.24) is 4.98 Å². The summed E-state index contributed by atoms with van der Waals surface area (Å²) in [7, 11) is 0. The van der Waals surface area contributed by atoms with Crippen molar-refractivity contribution < 1.29 is 0 Å². The third kappa shape index (κ3) is 2.19. The molecular weight excluding hydrogens is 198 g/mol. The first-order valence-electron chi connectivity index (χ1n) is 6.20. The van der Waals surface area contributed by atoms with E-state index in [9.17, 15) is 0 Å². The molecule has 16 heavy (non-hydrogen) atoms. The Morgan fingerprint density at radius 2 is 2.38 bits per heavy atom. The normalized spacial score (nSPS) is 22.4. The molecular formula is C13H21N3. The van der Waals surface area contributed by atoms with Crippen LogP contribution in [0.4, 0.5) is 5.69 Å². The number of pyridine rings is 1. The predicted octanol–water partition coefficient (Wildman–Crippen LogP) is 2.48. The van der Waals surface area contributed by atoms with Crippen LogP contribution in [0.2, 0.25) is 0 Å². The number of nitrogens with two attached hydrogens (primary N) is 1. The number of hydrogen-bond donors (Lipinski definition) is 1. The van der Waals surface area contributed by atoms with Crippen LogP contribution in [-0.2, 0) is 0 Å². The lowest BCUT2D eigenvalue weighted by atomic mass is 10.1.